The highest BCUT2D eigenvalue weighted by atomic mass is 32.2. The number of amides is 1. The van der Waals surface area contributed by atoms with E-state index in [0.29, 0.717) is 21.1 Å². The first-order valence-corrected chi connectivity index (χ1v) is 12.5. The number of aryl methyl sites for hydroxylation is 1. The van der Waals surface area contributed by atoms with Crippen LogP contribution >= 0.6 is 23.5 Å². The van der Waals surface area contributed by atoms with Gasteiger partial charge in [-0.2, -0.15) is 15.1 Å². The van der Waals surface area contributed by atoms with Gasteiger partial charge in [-0.25, -0.2) is 0 Å². The summed E-state index contributed by atoms with van der Waals surface area (Å²) in [5.74, 6) is -0.0141. The van der Waals surface area contributed by atoms with Gasteiger partial charge in [0.05, 0.1) is 5.57 Å². The van der Waals surface area contributed by atoms with Crippen LogP contribution in [-0.4, -0.2) is 27.0 Å². The summed E-state index contributed by atoms with van der Waals surface area (Å²) in [6.45, 7) is 2.00. The van der Waals surface area contributed by atoms with Crippen molar-refractivity contribution in [3.63, 3.8) is 0 Å². The Kier molecular flexibility index (Phi) is 5.39. The number of benzene rings is 3. The van der Waals surface area contributed by atoms with E-state index in [0.717, 1.165) is 26.8 Å². The molecular formula is C27H18N4O2S2. The zero-order valence-corrected chi connectivity index (χ0v) is 20.2. The number of rotatable bonds is 4. The molecule has 3 aromatic carbocycles. The van der Waals surface area contributed by atoms with Gasteiger partial charge in [0.1, 0.15) is 10.8 Å². The average Bonchev–Trinajstić information content (AvgIpc) is 3.49. The first-order valence-electron chi connectivity index (χ1n) is 10.9. The van der Waals surface area contributed by atoms with Gasteiger partial charge in [0.2, 0.25) is 5.17 Å². The molecule has 0 aliphatic carbocycles. The third-order valence-electron chi connectivity index (χ3n) is 5.68. The molecule has 0 unspecified atom stereocenters. The highest BCUT2D eigenvalue weighted by molar-refractivity contribution is 8.27. The predicted molar refractivity (Wildman–Crippen MR) is 142 cm³/mol. The molecule has 35 heavy (non-hydrogen) atoms. The fourth-order valence-corrected chi connectivity index (χ4v) is 5.83. The quantitative estimate of drug-likeness (QED) is 0.325. The number of carbonyl (C=O) groups excluding carboxylic acids is 1. The largest absolute Gasteiger partial charge is 0.450 e. The highest BCUT2D eigenvalue weighted by Crippen LogP contribution is 2.36. The number of aliphatic imine (C=N–C) groups is 1. The summed E-state index contributed by atoms with van der Waals surface area (Å²) in [6.07, 6.45) is 1.56. The Balaban J connectivity index is 1.27. The van der Waals surface area contributed by atoms with Gasteiger partial charge in [-0.05, 0) is 59.3 Å². The van der Waals surface area contributed by atoms with Crippen LogP contribution in [0.4, 0.5) is 0 Å². The topological polar surface area (TPSA) is 82.0 Å². The molecule has 0 bridgehead atoms. The Morgan fingerprint density at radius 1 is 1.00 bits per heavy atom. The first kappa shape index (κ1) is 21.6. The van der Waals surface area contributed by atoms with E-state index in [-0.39, 0.29) is 11.4 Å². The van der Waals surface area contributed by atoms with Gasteiger partial charge in [-0.1, -0.05) is 72.4 Å². The number of amidine groups is 2. The molecule has 0 saturated heterocycles. The number of nitrogens with zero attached hydrogens (tertiary/aromatic N) is 3. The molecule has 8 heteroatoms. The maximum atomic E-state index is 12.8. The van der Waals surface area contributed by atoms with E-state index < -0.39 is 5.91 Å². The molecule has 0 saturated carbocycles. The number of furan rings is 1. The van der Waals surface area contributed by atoms with Crippen molar-refractivity contribution in [2.24, 2.45) is 10.1 Å². The monoisotopic (exact) mass is 494 g/mol. The Morgan fingerprint density at radius 3 is 2.69 bits per heavy atom. The second-order valence-electron chi connectivity index (χ2n) is 7.98. The van der Waals surface area contributed by atoms with Crippen LogP contribution in [0.25, 0.3) is 16.8 Å². The molecule has 0 fully saturated rings. The molecule has 170 valence electrons. The van der Waals surface area contributed by atoms with Gasteiger partial charge < -0.3 is 4.42 Å². The fourth-order valence-electron chi connectivity index (χ4n) is 3.92. The Labute approximate surface area is 209 Å². The van der Waals surface area contributed by atoms with Crippen molar-refractivity contribution in [1.82, 2.24) is 5.01 Å². The third-order valence-corrected chi connectivity index (χ3v) is 7.62. The van der Waals surface area contributed by atoms with Gasteiger partial charge >= 0.3 is 0 Å². The second-order valence-corrected chi connectivity index (χ2v) is 9.98. The molecular weight excluding hydrogens is 476 g/mol. The lowest BCUT2D eigenvalue weighted by Crippen LogP contribution is -2.35. The summed E-state index contributed by atoms with van der Waals surface area (Å²) in [5, 5.41) is 18.7. The number of hydrazone groups is 1. The van der Waals surface area contributed by atoms with Gasteiger partial charge in [0.15, 0.2) is 10.9 Å². The number of thioether (sulfide) groups is 1. The number of hydrogen-bond donors (Lipinski definition) is 1. The van der Waals surface area contributed by atoms with Crippen molar-refractivity contribution in [3.05, 3.63) is 101 Å². The minimum absolute atomic E-state index is 0.0178. The van der Waals surface area contributed by atoms with Gasteiger partial charge in [0, 0.05) is 10.5 Å². The third kappa shape index (κ3) is 4.00. The standard InChI is InChI=1S/C27H18N4O2S2/c1-16-7-2-4-10-19(16)26-30-31-24(28)21(25(32)29-27(31)35-26)15-18-13-14-23(33-18)34-22-12-6-9-17-8-3-5-11-20(17)22/h2-15,28H,1H3/b21-15-,28-24?. The number of hydrogen-bond acceptors (Lipinski definition) is 6. The van der Waals surface area contributed by atoms with Crippen molar-refractivity contribution < 1.29 is 9.21 Å². The minimum atomic E-state index is -0.477. The molecule has 0 spiro atoms. The van der Waals surface area contributed by atoms with Crippen LogP contribution in [0.1, 0.15) is 16.9 Å². The summed E-state index contributed by atoms with van der Waals surface area (Å²) in [6, 6.07) is 25.9. The normalized spacial score (nSPS) is 16.6. The van der Waals surface area contributed by atoms with Gasteiger partial charge in [0.25, 0.3) is 5.91 Å². The predicted octanol–water partition coefficient (Wildman–Crippen LogP) is 6.56. The Hall–Kier alpha value is -3.88. The van der Waals surface area contributed by atoms with E-state index in [1.54, 1.807) is 12.1 Å². The smallest absolute Gasteiger partial charge is 0.283 e. The molecule has 0 radical (unpaired) electrons. The van der Waals surface area contributed by atoms with Crippen LogP contribution in [0.5, 0.6) is 0 Å². The maximum absolute atomic E-state index is 12.8. The van der Waals surface area contributed by atoms with Crippen LogP contribution in [0.3, 0.4) is 0 Å². The average molecular weight is 495 g/mol. The Morgan fingerprint density at radius 2 is 1.80 bits per heavy atom. The van der Waals surface area contributed by atoms with Crippen molar-refractivity contribution >= 4 is 62.3 Å². The summed E-state index contributed by atoms with van der Waals surface area (Å²) in [7, 11) is 0. The van der Waals surface area contributed by atoms with Crippen molar-refractivity contribution in [1.29, 1.82) is 5.41 Å². The van der Waals surface area contributed by atoms with Crippen molar-refractivity contribution in [2.45, 2.75) is 16.9 Å². The molecule has 1 amide bonds. The fraction of sp³-hybridized carbons (Fsp3) is 0.0370. The summed E-state index contributed by atoms with van der Waals surface area (Å²) in [4.78, 5) is 18.0. The Bertz CT molecular complexity index is 1610. The van der Waals surface area contributed by atoms with Gasteiger partial charge in [-0.15, -0.1) is 0 Å². The molecule has 1 aromatic heterocycles. The SMILES string of the molecule is Cc1ccccc1C1=NN2C(=N)/C(=C/c3ccc(Sc4cccc5ccccc45)o3)C(=O)N=C2S1. The lowest BCUT2D eigenvalue weighted by atomic mass is 10.1. The lowest BCUT2D eigenvalue weighted by molar-refractivity contribution is -0.114. The van der Waals surface area contributed by atoms with E-state index >= 15 is 0 Å². The highest BCUT2D eigenvalue weighted by Gasteiger charge is 2.36. The summed E-state index contributed by atoms with van der Waals surface area (Å²) < 4.78 is 5.98. The van der Waals surface area contributed by atoms with E-state index in [4.69, 9.17) is 9.83 Å². The molecule has 0 atom stereocenters. The van der Waals surface area contributed by atoms with Crippen LogP contribution in [0, 0.1) is 12.3 Å². The van der Waals surface area contributed by atoms with E-state index in [1.165, 1.54) is 28.5 Å². The zero-order chi connectivity index (χ0) is 23.9. The minimum Gasteiger partial charge on any atom is -0.450 e. The lowest BCUT2D eigenvalue weighted by Gasteiger charge is -2.19. The maximum Gasteiger partial charge on any atom is 0.283 e. The van der Waals surface area contributed by atoms with Crippen LogP contribution < -0.4 is 0 Å². The molecule has 4 aromatic rings. The molecule has 6 nitrogen and oxygen atoms in total. The van der Waals surface area contributed by atoms with E-state index in [1.807, 2.05) is 55.5 Å². The molecule has 2 aliphatic rings. The second kappa shape index (κ2) is 8.72. The number of carbonyl (C=O) groups is 1. The molecule has 1 N–H and O–H groups in total. The number of nitrogens with one attached hydrogen (secondary N) is 1. The van der Waals surface area contributed by atoms with E-state index in [9.17, 15) is 4.79 Å². The van der Waals surface area contributed by atoms with Crippen LogP contribution in [0.15, 0.2) is 109 Å². The van der Waals surface area contributed by atoms with Crippen LogP contribution in [0.2, 0.25) is 0 Å². The molecule has 2 aliphatic heterocycles. The zero-order valence-electron chi connectivity index (χ0n) is 18.6. The molecule has 3 heterocycles. The number of fused-ring (bicyclic) bond motifs is 2. The summed E-state index contributed by atoms with van der Waals surface area (Å²) >= 11 is 2.81. The molecule has 6 rings (SSSR count). The van der Waals surface area contributed by atoms with E-state index in [2.05, 4.69) is 34.4 Å². The van der Waals surface area contributed by atoms with Crippen molar-refractivity contribution in [2.75, 3.05) is 0 Å². The van der Waals surface area contributed by atoms with Crippen LogP contribution in [-0.2, 0) is 4.79 Å². The first-order chi connectivity index (χ1) is 17.1. The van der Waals surface area contributed by atoms with Crippen molar-refractivity contribution in [3.8, 4) is 0 Å². The summed E-state index contributed by atoms with van der Waals surface area (Å²) in [5.41, 5.74) is 2.17. The van der Waals surface area contributed by atoms with Gasteiger partial charge in [-0.3, -0.25) is 10.2 Å².